The fourth-order valence-corrected chi connectivity index (χ4v) is 3.20. The van der Waals surface area contributed by atoms with Crippen LogP contribution in [0.5, 0.6) is 0 Å². The minimum absolute atomic E-state index is 0.185. The number of nitrogens with zero attached hydrogens (tertiary/aromatic N) is 3. The van der Waals surface area contributed by atoms with E-state index in [0.29, 0.717) is 5.75 Å². The molecule has 0 spiro atoms. The van der Waals surface area contributed by atoms with Crippen LogP contribution in [0.2, 0.25) is 0 Å². The Morgan fingerprint density at radius 2 is 2.16 bits per heavy atom. The Morgan fingerprint density at radius 3 is 2.89 bits per heavy atom. The van der Waals surface area contributed by atoms with Crippen molar-refractivity contribution in [3.05, 3.63) is 5.82 Å². The molecule has 6 heteroatoms. The van der Waals surface area contributed by atoms with Crippen molar-refractivity contribution < 1.29 is 9.53 Å². The van der Waals surface area contributed by atoms with Crippen molar-refractivity contribution in [2.75, 3.05) is 12.9 Å². The number of hydrogen-bond donors (Lipinski definition) is 0. The SMILES string of the molecule is COC(=O)C(C)(C)CSc1nnc2n1CCCCC2. The molecule has 0 saturated heterocycles. The second-order valence-corrected chi connectivity index (χ2v) is 6.47. The van der Waals surface area contributed by atoms with Crippen LogP contribution in [0.4, 0.5) is 0 Å². The molecule has 0 aromatic carbocycles. The number of ether oxygens (including phenoxy) is 1. The molecule has 0 N–H and O–H groups in total. The molecule has 106 valence electrons. The van der Waals surface area contributed by atoms with Crippen molar-refractivity contribution in [1.29, 1.82) is 0 Å². The van der Waals surface area contributed by atoms with E-state index in [4.69, 9.17) is 4.74 Å². The lowest BCUT2D eigenvalue weighted by Gasteiger charge is -2.20. The Kier molecular flexibility index (Phi) is 4.50. The molecule has 0 fully saturated rings. The smallest absolute Gasteiger partial charge is 0.312 e. The number of carbonyl (C=O) groups is 1. The van der Waals surface area contributed by atoms with Gasteiger partial charge in [-0.25, -0.2) is 0 Å². The second-order valence-electron chi connectivity index (χ2n) is 5.53. The molecule has 0 amide bonds. The van der Waals surface area contributed by atoms with Gasteiger partial charge in [-0.05, 0) is 26.7 Å². The van der Waals surface area contributed by atoms with Gasteiger partial charge in [0, 0.05) is 18.7 Å². The van der Waals surface area contributed by atoms with E-state index in [-0.39, 0.29) is 5.97 Å². The van der Waals surface area contributed by atoms with Gasteiger partial charge in [0.15, 0.2) is 5.16 Å². The van der Waals surface area contributed by atoms with Crippen LogP contribution in [0.15, 0.2) is 5.16 Å². The number of rotatable bonds is 4. The van der Waals surface area contributed by atoms with Crippen LogP contribution in [0.25, 0.3) is 0 Å². The van der Waals surface area contributed by atoms with E-state index < -0.39 is 5.41 Å². The molecule has 1 aliphatic rings. The molecule has 2 heterocycles. The van der Waals surface area contributed by atoms with Gasteiger partial charge in [0.2, 0.25) is 0 Å². The highest BCUT2D eigenvalue weighted by molar-refractivity contribution is 7.99. The quantitative estimate of drug-likeness (QED) is 0.627. The first-order chi connectivity index (χ1) is 9.04. The molecule has 0 unspecified atom stereocenters. The maximum Gasteiger partial charge on any atom is 0.312 e. The van der Waals surface area contributed by atoms with Gasteiger partial charge in [-0.15, -0.1) is 10.2 Å². The summed E-state index contributed by atoms with van der Waals surface area (Å²) in [5.74, 6) is 1.55. The lowest BCUT2D eigenvalue weighted by molar-refractivity contribution is -0.149. The average Bonchev–Trinajstić information content (AvgIpc) is 2.62. The highest BCUT2D eigenvalue weighted by Gasteiger charge is 2.30. The van der Waals surface area contributed by atoms with Crippen LogP contribution in [0.1, 0.15) is 38.9 Å². The summed E-state index contributed by atoms with van der Waals surface area (Å²) in [5, 5.41) is 9.43. The van der Waals surface area contributed by atoms with Crippen molar-refractivity contribution in [3.8, 4) is 0 Å². The summed E-state index contributed by atoms with van der Waals surface area (Å²) in [6.45, 7) is 4.78. The van der Waals surface area contributed by atoms with Gasteiger partial charge in [-0.2, -0.15) is 0 Å². The summed E-state index contributed by atoms with van der Waals surface area (Å²) in [6.07, 6.45) is 4.63. The van der Waals surface area contributed by atoms with Crippen LogP contribution >= 0.6 is 11.8 Å². The molecule has 0 aliphatic carbocycles. The first kappa shape index (κ1) is 14.4. The Hall–Kier alpha value is -1.04. The summed E-state index contributed by atoms with van der Waals surface area (Å²) in [4.78, 5) is 11.7. The van der Waals surface area contributed by atoms with Crippen LogP contribution in [-0.4, -0.2) is 33.6 Å². The van der Waals surface area contributed by atoms with Crippen LogP contribution in [-0.2, 0) is 22.5 Å². The van der Waals surface area contributed by atoms with E-state index >= 15 is 0 Å². The van der Waals surface area contributed by atoms with E-state index in [9.17, 15) is 4.79 Å². The highest BCUT2D eigenvalue weighted by atomic mass is 32.2. The Morgan fingerprint density at radius 1 is 1.37 bits per heavy atom. The van der Waals surface area contributed by atoms with Crippen molar-refractivity contribution in [3.63, 3.8) is 0 Å². The van der Waals surface area contributed by atoms with Crippen LogP contribution < -0.4 is 0 Å². The number of thioether (sulfide) groups is 1. The Bertz CT molecular complexity index is 457. The van der Waals surface area contributed by atoms with Gasteiger partial charge < -0.3 is 9.30 Å². The van der Waals surface area contributed by atoms with Gasteiger partial charge in [0.1, 0.15) is 5.82 Å². The molecule has 0 saturated carbocycles. The van der Waals surface area contributed by atoms with Crippen molar-refractivity contribution >= 4 is 17.7 Å². The summed E-state index contributed by atoms with van der Waals surface area (Å²) < 4.78 is 7.02. The zero-order valence-corrected chi connectivity index (χ0v) is 12.6. The second kappa shape index (κ2) is 5.94. The van der Waals surface area contributed by atoms with E-state index in [1.165, 1.54) is 26.4 Å². The minimum atomic E-state index is -0.503. The molecule has 1 aromatic rings. The van der Waals surface area contributed by atoms with Crippen molar-refractivity contribution in [2.45, 2.75) is 51.2 Å². The minimum Gasteiger partial charge on any atom is -0.469 e. The van der Waals surface area contributed by atoms with Gasteiger partial charge in [0.05, 0.1) is 12.5 Å². The Balaban J connectivity index is 2.04. The van der Waals surface area contributed by atoms with Crippen molar-refractivity contribution in [1.82, 2.24) is 14.8 Å². The first-order valence-electron chi connectivity index (χ1n) is 6.68. The maximum absolute atomic E-state index is 11.7. The third-order valence-electron chi connectivity index (χ3n) is 3.38. The van der Waals surface area contributed by atoms with E-state index in [2.05, 4.69) is 14.8 Å². The number of esters is 1. The molecular weight excluding hydrogens is 262 g/mol. The topological polar surface area (TPSA) is 57.0 Å². The largest absolute Gasteiger partial charge is 0.469 e. The summed E-state index contributed by atoms with van der Waals surface area (Å²) >= 11 is 1.59. The lowest BCUT2D eigenvalue weighted by Crippen LogP contribution is -2.28. The standard InChI is InChI=1S/C13H21N3O2S/c1-13(2,11(17)18-3)9-19-12-15-14-10-7-5-4-6-8-16(10)12/h4-9H2,1-3H3. The zero-order chi connectivity index (χ0) is 13.9. The molecule has 19 heavy (non-hydrogen) atoms. The predicted octanol–water partition coefficient (Wildman–Crippen LogP) is 2.30. The van der Waals surface area contributed by atoms with Gasteiger partial charge in [0.25, 0.3) is 0 Å². The fourth-order valence-electron chi connectivity index (χ4n) is 2.15. The number of aryl methyl sites for hydroxylation is 1. The lowest BCUT2D eigenvalue weighted by atomic mass is 9.97. The average molecular weight is 283 g/mol. The van der Waals surface area contributed by atoms with Crippen LogP contribution in [0, 0.1) is 5.41 Å². The number of methoxy groups -OCH3 is 1. The molecule has 5 nitrogen and oxygen atoms in total. The number of hydrogen-bond acceptors (Lipinski definition) is 5. The normalized spacial score (nSPS) is 15.7. The van der Waals surface area contributed by atoms with Gasteiger partial charge in [-0.1, -0.05) is 18.2 Å². The summed E-state index contributed by atoms with van der Waals surface area (Å²) in [7, 11) is 1.43. The molecular formula is C13H21N3O2S. The van der Waals surface area contributed by atoms with Crippen molar-refractivity contribution in [2.24, 2.45) is 5.41 Å². The predicted molar refractivity (Wildman–Crippen MR) is 74.1 cm³/mol. The molecule has 0 radical (unpaired) electrons. The van der Waals surface area contributed by atoms with E-state index in [1.807, 2.05) is 13.8 Å². The molecule has 1 aromatic heterocycles. The molecule has 0 atom stereocenters. The highest BCUT2D eigenvalue weighted by Crippen LogP contribution is 2.29. The Labute approximate surface area is 118 Å². The van der Waals surface area contributed by atoms with E-state index in [0.717, 1.165) is 23.9 Å². The summed E-state index contributed by atoms with van der Waals surface area (Å²) in [5.41, 5.74) is -0.503. The first-order valence-corrected chi connectivity index (χ1v) is 7.66. The number of aromatic nitrogens is 3. The molecule has 0 bridgehead atoms. The van der Waals surface area contributed by atoms with Crippen LogP contribution in [0.3, 0.4) is 0 Å². The monoisotopic (exact) mass is 283 g/mol. The fraction of sp³-hybridized carbons (Fsp3) is 0.769. The zero-order valence-electron chi connectivity index (χ0n) is 11.8. The van der Waals surface area contributed by atoms with Gasteiger partial charge >= 0.3 is 5.97 Å². The summed E-state index contributed by atoms with van der Waals surface area (Å²) in [6, 6.07) is 0. The van der Waals surface area contributed by atoms with Gasteiger partial charge in [-0.3, -0.25) is 4.79 Å². The number of carbonyl (C=O) groups excluding carboxylic acids is 1. The maximum atomic E-state index is 11.7. The number of fused-ring (bicyclic) bond motifs is 1. The molecule has 1 aliphatic heterocycles. The molecule has 2 rings (SSSR count). The third kappa shape index (κ3) is 3.29. The van der Waals surface area contributed by atoms with E-state index in [1.54, 1.807) is 11.8 Å². The third-order valence-corrected chi connectivity index (χ3v) is 4.80.